The van der Waals surface area contributed by atoms with Crippen molar-refractivity contribution in [1.82, 2.24) is 15.1 Å². The van der Waals surface area contributed by atoms with E-state index in [-0.39, 0.29) is 5.91 Å². The Morgan fingerprint density at radius 3 is 2.19 bits per heavy atom. The van der Waals surface area contributed by atoms with E-state index < -0.39 is 0 Å². The summed E-state index contributed by atoms with van der Waals surface area (Å²) in [5.74, 6) is 2.60. The van der Waals surface area contributed by atoms with Crippen molar-refractivity contribution < 1.29 is 4.79 Å². The second kappa shape index (κ2) is 9.38. The highest BCUT2D eigenvalue weighted by molar-refractivity contribution is 6.35. The predicted octanol–water partition coefficient (Wildman–Crippen LogP) is 8.14. The fourth-order valence-electron chi connectivity index (χ4n) is 7.61. The van der Waals surface area contributed by atoms with Gasteiger partial charge >= 0.3 is 0 Å². The Kier molecular flexibility index (Phi) is 6.34. The largest absolute Gasteiger partial charge is 0.351 e. The fraction of sp³-hybridized carbons (Fsp3) is 0.448. The molecule has 4 saturated carbocycles. The summed E-state index contributed by atoms with van der Waals surface area (Å²) in [4.78, 5) is 13.4. The summed E-state index contributed by atoms with van der Waals surface area (Å²) in [6.45, 7) is 2.63. The normalized spacial score (nSPS) is 26.4. The first kappa shape index (κ1) is 24.3. The van der Waals surface area contributed by atoms with Gasteiger partial charge in [0.05, 0.1) is 16.4 Å². The number of nitrogens with one attached hydrogen (secondary N) is 1. The lowest BCUT2D eigenvalue weighted by molar-refractivity contribution is -0.0564. The molecule has 36 heavy (non-hydrogen) atoms. The first-order chi connectivity index (χ1) is 17.3. The predicted molar refractivity (Wildman–Crippen MR) is 146 cm³/mol. The number of hydrogen-bond donors (Lipinski definition) is 1. The molecule has 1 aromatic heterocycles. The van der Waals surface area contributed by atoms with Gasteiger partial charge in [0.25, 0.3) is 5.91 Å². The monoisotopic (exact) mass is 541 g/mol. The molecule has 0 aliphatic heterocycles. The van der Waals surface area contributed by atoms with E-state index in [9.17, 15) is 4.79 Å². The van der Waals surface area contributed by atoms with Crippen molar-refractivity contribution >= 4 is 40.7 Å². The average Bonchev–Trinajstić information content (AvgIpc) is 3.15. The first-order valence-corrected chi connectivity index (χ1v) is 14.0. The number of rotatable bonds is 6. The van der Waals surface area contributed by atoms with Crippen molar-refractivity contribution in [2.24, 2.45) is 23.2 Å². The van der Waals surface area contributed by atoms with Crippen LogP contribution in [0, 0.1) is 30.1 Å². The van der Waals surface area contributed by atoms with Crippen LogP contribution in [0.25, 0.3) is 16.9 Å². The molecule has 1 heterocycles. The van der Waals surface area contributed by atoms with Crippen LogP contribution in [0.2, 0.25) is 15.1 Å². The van der Waals surface area contributed by atoms with E-state index in [2.05, 4.69) is 5.32 Å². The molecule has 4 fully saturated rings. The summed E-state index contributed by atoms with van der Waals surface area (Å²) in [6, 6.07) is 12.8. The quantitative estimate of drug-likeness (QED) is 0.342. The first-order valence-electron chi connectivity index (χ1n) is 12.9. The maximum absolute atomic E-state index is 13.4. The topological polar surface area (TPSA) is 46.9 Å². The Hall–Kier alpha value is -2.01. The van der Waals surface area contributed by atoms with Gasteiger partial charge in [-0.05, 0) is 105 Å². The van der Waals surface area contributed by atoms with Gasteiger partial charge in [0.15, 0.2) is 5.69 Å². The Labute approximate surface area is 227 Å². The number of carbonyl (C=O) groups is 1. The van der Waals surface area contributed by atoms with Crippen LogP contribution in [0.1, 0.15) is 61.0 Å². The molecule has 4 aliphatic carbocycles. The summed E-state index contributed by atoms with van der Waals surface area (Å²) in [7, 11) is 0. The van der Waals surface area contributed by atoms with Crippen molar-refractivity contribution in [2.45, 2.75) is 51.9 Å². The van der Waals surface area contributed by atoms with E-state index in [4.69, 9.17) is 39.9 Å². The van der Waals surface area contributed by atoms with Crippen LogP contribution in [-0.2, 0) is 0 Å². The number of benzene rings is 2. The fourth-order valence-corrected chi connectivity index (χ4v) is 8.22. The molecule has 0 unspecified atom stereocenters. The molecule has 0 radical (unpaired) electrons. The summed E-state index contributed by atoms with van der Waals surface area (Å²) in [6.07, 6.45) is 9.40. The molecule has 0 spiro atoms. The molecule has 4 bridgehead atoms. The highest BCUT2D eigenvalue weighted by atomic mass is 35.5. The highest BCUT2D eigenvalue weighted by Crippen LogP contribution is 2.61. The minimum atomic E-state index is -0.142. The van der Waals surface area contributed by atoms with Crippen LogP contribution in [0.15, 0.2) is 42.5 Å². The zero-order valence-corrected chi connectivity index (χ0v) is 22.6. The number of halogens is 3. The van der Waals surface area contributed by atoms with Crippen molar-refractivity contribution in [3.8, 4) is 16.9 Å². The minimum absolute atomic E-state index is 0.142. The van der Waals surface area contributed by atoms with Crippen molar-refractivity contribution in [3.05, 3.63) is 68.8 Å². The molecular formula is C29H30Cl3N3O. The van der Waals surface area contributed by atoms with Gasteiger partial charge in [0.2, 0.25) is 0 Å². The lowest BCUT2D eigenvalue weighted by atomic mass is 9.49. The number of amides is 1. The third-order valence-electron chi connectivity index (χ3n) is 8.70. The summed E-state index contributed by atoms with van der Waals surface area (Å²) in [5.41, 5.74) is 4.03. The van der Waals surface area contributed by atoms with Gasteiger partial charge in [-0.25, -0.2) is 4.68 Å². The van der Waals surface area contributed by atoms with Gasteiger partial charge in [0, 0.05) is 27.7 Å². The summed E-state index contributed by atoms with van der Waals surface area (Å²) < 4.78 is 1.74. The van der Waals surface area contributed by atoms with Crippen molar-refractivity contribution in [2.75, 3.05) is 6.54 Å². The van der Waals surface area contributed by atoms with Gasteiger partial charge in [-0.3, -0.25) is 4.79 Å². The smallest absolute Gasteiger partial charge is 0.272 e. The van der Waals surface area contributed by atoms with E-state index >= 15 is 0 Å². The van der Waals surface area contributed by atoms with Crippen LogP contribution in [0.4, 0.5) is 0 Å². The molecule has 4 aliphatic rings. The van der Waals surface area contributed by atoms with Gasteiger partial charge in [0.1, 0.15) is 0 Å². The van der Waals surface area contributed by atoms with Crippen LogP contribution < -0.4 is 5.32 Å². The number of carbonyl (C=O) groups excluding carboxylic acids is 1. The van der Waals surface area contributed by atoms with E-state index in [1.807, 2.05) is 37.3 Å². The van der Waals surface area contributed by atoms with E-state index in [0.717, 1.165) is 41.0 Å². The van der Waals surface area contributed by atoms with Gasteiger partial charge < -0.3 is 5.32 Å². The van der Waals surface area contributed by atoms with Crippen LogP contribution in [0.3, 0.4) is 0 Å². The van der Waals surface area contributed by atoms with Gasteiger partial charge in [-0.1, -0.05) is 46.9 Å². The molecule has 1 N–H and O–H groups in total. The standard InChI is InChI=1S/C29H30Cl3N3O/c1-17-26(28(36)33-9-8-29-14-18-10-19(15-29)12-20(11-18)16-29)34-35(25-7-6-23(31)13-24(25)32)27(17)21-2-4-22(30)5-3-21/h2-7,13,18-20H,8-12,14-16H2,1H3,(H,33,36). The maximum atomic E-state index is 13.4. The Morgan fingerprint density at radius 1 is 0.972 bits per heavy atom. The highest BCUT2D eigenvalue weighted by Gasteiger charge is 2.50. The van der Waals surface area contributed by atoms with E-state index in [1.54, 1.807) is 16.8 Å². The zero-order chi connectivity index (χ0) is 25.0. The second-order valence-electron chi connectivity index (χ2n) is 11.3. The van der Waals surface area contributed by atoms with E-state index in [1.165, 1.54) is 38.5 Å². The minimum Gasteiger partial charge on any atom is -0.351 e. The lowest BCUT2D eigenvalue weighted by Gasteiger charge is -2.57. The maximum Gasteiger partial charge on any atom is 0.272 e. The summed E-state index contributed by atoms with van der Waals surface area (Å²) in [5, 5.41) is 9.62. The van der Waals surface area contributed by atoms with Crippen molar-refractivity contribution in [1.29, 1.82) is 0 Å². The molecule has 1 amide bonds. The van der Waals surface area contributed by atoms with Gasteiger partial charge in [-0.2, -0.15) is 5.10 Å². The lowest BCUT2D eigenvalue weighted by Crippen LogP contribution is -2.47. The average molecular weight is 543 g/mol. The Morgan fingerprint density at radius 2 is 1.58 bits per heavy atom. The third kappa shape index (κ3) is 4.46. The van der Waals surface area contributed by atoms with E-state index in [0.29, 0.717) is 38.4 Å². The molecule has 4 nitrogen and oxygen atoms in total. The second-order valence-corrected chi connectivity index (χ2v) is 12.5. The van der Waals surface area contributed by atoms with Crippen LogP contribution in [-0.4, -0.2) is 22.2 Å². The Balaban J connectivity index is 1.27. The molecule has 0 saturated heterocycles. The molecule has 3 aromatic rings. The molecule has 188 valence electrons. The molecule has 2 aromatic carbocycles. The number of nitrogens with zero attached hydrogens (tertiary/aromatic N) is 2. The molecular weight excluding hydrogens is 513 g/mol. The van der Waals surface area contributed by atoms with Gasteiger partial charge in [-0.15, -0.1) is 0 Å². The molecule has 0 atom stereocenters. The number of hydrogen-bond acceptors (Lipinski definition) is 2. The molecule has 7 heteroatoms. The third-order valence-corrected chi connectivity index (χ3v) is 9.49. The number of aromatic nitrogens is 2. The van der Waals surface area contributed by atoms with Crippen LogP contribution in [0.5, 0.6) is 0 Å². The zero-order valence-electron chi connectivity index (χ0n) is 20.4. The van der Waals surface area contributed by atoms with Crippen LogP contribution >= 0.6 is 34.8 Å². The summed E-state index contributed by atoms with van der Waals surface area (Å²) >= 11 is 18.8. The SMILES string of the molecule is Cc1c(C(=O)NCCC23CC4CC(CC(C4)C2)C3)nn(-c2ccc(Cl)cc2Cl)c1-c1ccc(Cl)cc1. The molecule has 7 rings (SSSR count). The Bertz CT molecular complexity index is 1280. The van der Waals surface area contributed by atoms with Crippen molar-refractivity contribution in [3.63, 3.8) is 0 Å².